The van der Waals surface area contributed by atoms with Crippen molar-refractivity contribution < 1.29 is 4.79 Å². The monoisotopic (exact) mass is 290 g/mol. The van der Waals surface area contributed by atoms with Gasteiger partial charge in [0.05, 0.1) is 5.69 Å². The van der Waals surface area contributed by atoms with Crippen LogP contribution in [0.15, 0.2) is 29.3 Å². The first kappa shape index (κ1) is 16.1. The van der Waals surface area contributed by atoms with E-state index in [0.717, 1.165) is 11.3 Å². The zero-order chi connectivity index (χ0) is 15.0. The summed E-state index contributed by atoms with van der Waals surface area (Å²) in [6, 6.07) is 7.67. The summed E-state index contributed by atoms with van der Waals surface area (Å²) in [4.78, 5) is 17.5. The Kier molecular flexibility index (Phi) is 6.60. The molecule has 20 heavy (non-hydrogen) atoms. The Balaban J connectivity index is 2.76. The van der Waals surface area contributed by atoms with Gasteiger partial charge in [-0.05, 0) is 30.4 Å². The number of aryl methyl sites for hydroxylation is 1. The fraction of sp³-hybridized carbons (Fsp3) is 0.357. The lowest BCUT2D eigenvalue weighted by Gasteiger charge is -2.10. The van der Waals surface area contributed by atoms with E-state index in [1.165, 1.54) is 11.8 Å². The van der Waals surface area contributed by atoms with Crippen molar-refractivity contribution in [2.45, 2.75) is 12.8 Å². The number of hydrogen-bond donors (Lipinski definition) is 1. The van der Waals surface area contributed by atoms with Crippen LogP contribution < -0.4 is 5.32 Å². The molecular formula is C14H18N4OS. The molecule has 0 spiro atoms. The zero-order valence-corrected chi connectivity index (χ0v) is 12.7. The number of rotatable bonds is 4. The van der Waals surface area contributed by atoms with Crippen LogP contribution in [0.1, 0.15) is 12.0 Å². The van der Waals surface area contributed by atoms with Gasteiger partial charge in [0, 0.05) is 20.5 Å². The Bertz CT molecular complexity index is 534. The molecule has 0 unspecified atom stereocenters. The molecule has 0 bridgehead atoms. The lowest BCUT2D eigenvalue weighted by molar-refractivity contribution is -0.128. The standard InChI is InChI=1S/C14H18N4OS/c1-18(2)13(19)8-7-11-5-4-6-12(9-11)17-14(20-3)16-10-15/h4-6,9H,7-8H2,1-3H3,(H,16,17). The van der Waals surface area contributed by atoms with Crippen molar-refractivity contribution in [3.05, 3.63) is 29.8 Å². The van der Waals surface area contributed by atoms with Gasteiger partial charge in [-0.15, -0.1) is 0 Å². The molecule has 0 radical (unpaired) electrons. The zero-order valence-electron chi connectivity index (χ0n) is 11.9. The molecule has 5 nitrogen and oxygen atoms in total. The molecule has 0 fully saturated rings. The predicted molar refractivity (Wildman–Crippen MR) is 82.8 cm³/mol. The van der Waals surface area contributed by atoms with E-state index in [9.17, 15) is 4.79 Å². The minimum absolute atomic E-state index is 0.106. The fourth-order valence-electron chi connectivity index (χ4n) is 1.55. The molecule has 1 N–H and O–H groups in total. The van der Waals surface area contributed by atoms with E-state index in [1.807, 2.05) is 36.7 Å². The van der Waals surface area contributed by atoms with E-state index in [4.69, 9.17) is 5.26 Å². The van der Waals surface area contributed by atoms with E-state index in [2.05, 4.69) is 10.3 Å². The van der Waals surface area contributed by atoms with Gasteiger partial charge in [0.2, 0.25) is 5.91 Å². The summed E-state index contributed by atoms with van der Waals surface area (Å²) in [6.45, 7) is 0. The number of hydrogen-bond acceptors (Lipinski definition) is 4. The number of carbonyl (C=O) groups excluding carboxylic acids is 1. The van der Waals surface area contributed by atoms with Crippen molar-refractivity contribution in [1.29, 1.82) is 5.26 Å². The highest BCUT2D eigenvalue weighted by Crippen LogP contribution is 2.17. The lowest BCUT2D eigenvalue weighted by Crippen LogP contribution is -2.21. The van der Waals surface area contributed by atoms with Crippen LogP contribution in [-0.2, 0) is 11.2 Å². The molecule has 6 heteroatoms. The molecule has 0 aromatic heterocycles. The summed E-state index contributed by atoms with van der Waals surface area (Å²) in [5, 5.41) is 11.7. The average Bonchev–Trinajstić information content (AvgIpc) is 2.44. The van der Waals surface area contributed by atoms with Crippen LogP contribution in [0, 0.1) is 11.5 Å². The number of amides is 1. The topological polar surface area (TPSA) is 68.5 Å². The minimum Gasteiger partial charge on any atom is -0.349 e. The van der Waals surface area contributed by atoms with Crippen LogP contribution in [0.5, 0.6) is 0 Å². The minimum atomic E-state index is 0.106. The van der Waals surface area contributed by atoms with Crippen LogP contribution >= 0.6 is 11.8 Å². The first-order chi connectivity index (χ1) is 9.56. The van der Waals surface area contributed by atoms with E-state index >= 15 is 0 Å². The number of thioether (sulfide) groups is 1. The maximum Gasteiger partial charge on any atom is 0.222 e. The van der Waals surface area contributed by atoms with E-state index in [1.54, 1.807) is 19.0 Å². The lowest BCUT2D eigenvalue weighted by atomic mass is 10.1. The van der Waals surface area contributed by atoms with Crippen LogP contribution in [0.25, 0.3) is 0 Å². The molecule has 1 aromatic carbocycles. The van der Waals surface area contributed by atoms with Gasteiger partial charge < -0.3 is 4.90 Å². The first-order valence-corrected chi connectivity index (χ1v) is 7.36. The van der Waals surface area contributed by atoms with Gasteiger partial charge in [-0.2, -0.15) is 5.26 Å². The Hall–Kier alpha value is -2.00. The number of benzene rings is 1. The second-order valence-electron chi connectivity index (χ2n) is 4.32. The number of carbonyl (C=O) groups is 1. The molecule has 0 saturated heterocycles. The molecule has 0 heterocycles. The third-order valence-corrected chi connectivity index (χ3v) is 3.20. The third kappa shape index (κ3) is 5.33. The van der Waals surface area contributed by atoms with Gasteiger partial charge in [0.1, 0.15) is 0 Å². The molecule has 0 aliphatic carbocycles. The van der Waals surface area contributed by atoms with Gasteiger partial charge in [0.15, 0.2) is 11.4 Å². The highest BCUT2D eigenvalue weighted by molar-refractivity contribution is 8.13. The van der Waals surface area contributed by atoms with E-state index < -0.39 is 0 Å². The van der Waals surface area contributed by atoms with Crippen molar-refractivity contribution in [1.82, 2.24) is 10.2 Å². The van der Waals surface area contributed by atoms with Crippen molar-refractivity contribution in [2.24, 2.45) is 4.99 Å². The Morgan fingerprint density at radius 2 is 2.25 bits per heavy atom. The van der Waals surface area contributed by atoms with Gasteiger partial charge >= 0.3 is 0 Å². The molecule has 1 amide bonds. The summed E-state index contributed by atoms with van der Waals surface area (Å²) in [5.74, 6) is 0.106. The van der Waals surface area contributed by atoms with Gasteiger partial charge in [0.25, 0.3) is 0 Å². The Morgan fingerprint density at radius 1 is 1.50 bits per heavy atom. The number of nitriles is 1. The number of nitrogens with one attached hydrogen (secondary N) is 1. The van der Waals surface area contributed by atoms with Crippen LogP contribution in [-0.4, -0.2) is 36.3 Å². The van der Waals surface area contributed by atoms with Crippen molar-refractivity contribution in [3.63, 3.8) is 0 Å². The second kappa shape index (κ2) is 8.23. The first-order valence-electron chi connectivity index (χ1n) is 6.13. The average molecular weight is 290 g/mol. The SMILES string of the molecule is CSC(=Nc1cccc(CCC(=O)N(C)C)c1)NC#N. The molecule has 0 aliphatic heterocycles. The molecule has 0 aliphatic rings. The summed E-state index contributed by atoms with van der Waals surface area (Å²) in [6.07, 6.45) is 4.86. The second-order valence-corrected chi connectivity index (χ2v) is 5.11. The molecule has 1 rings (SSSR count). The molecule has 0 atom stereocenters. The maximum atomic E-state index is 11.6. The number of amidine groups is 1. The summed E-state index contributed by atoms with van der Waals surface area (Å²) < 4.78 is 0. The molecular weight excluding hydrogens is 272 g/mol. The quantitative estimate of drug-likeness (QED) is 0.399. The van der Waals surface area contributed by atoms with E-state index in [-0.39, 0.29) is 5.91 Å². The molecule has 106 valence electrons. The smallest absolute Gasteiger partial charge is 0.222 e. The van der Waals surface area contributed by atoms with E-state index in [0.29, 0.717) is 18.0 Å². The van der Waals surface area contributed by atoms with Crippen molar-refractivity contribution in [2.75, 3.05) is 20.4 Å². The molecule has 1 aromatic rings. The van der Waals surface area contributed by atoms with Crippen LogP contribution in [0.4, 0.5) is 5.69 Å². The summed E-state index contributed by atoms with van der Waals surface area (Å²) in [5.41, 5.74) is 1.82. The highest BCUT2D eigenvalue weighted by atomic mass is 32.2. The predicted octanol–water partition coefficient (Wildman–Crippen LogP) is 2.13. The molecule has 0 saturated carbocycles. The summed E-state index contributed by atoms with van der Waals surface area (Å²) >= 11 is 1.37. The van der Waals surface area contributed by atoms with Crippen LogP contribution in [0.2, 0.25) is 0 Å². The Morgan fingerprint density at radius 3 is 2.85 bits per heavy atom. The highest BCUT2D eigenvalue weighted by Gasteiger charge is 2.05. The maximum absolute atomic E-state index is 11.6. The normalized spacial score (nSPS) is 10.8. The van der Waals surface area contributed by atoms with Crippen LogP contribution in [0.3, 0.4) is 0 Å². The summed E-state index contributed by atoms with van der Waals surface area (Å²) in [7, 11) is 3.50. The number of nitrogens with zero attached hydrogens (tertiary/aromatic N) is 3. The van der Waals surface area contributed by atoms with Gasteiger partial charge in [-0.3, -0.25) is 10.1 Å². The van der Waals surface area contributed by atoms with Crippen molar-refractivity contribution >= 4 is 28.5 Å². The van der Waals surface area contributed by atoms with Gasteiger partial charge in [-0.1, -0.05) is 23.9 Å². The number of aliphatic imine (C=N–C) groups is 1. The Labute approximate surface area is 123 Å². The fourth-order valence-corrected chi connectivity index (χ4v) is 1.89. The van der Waals surface area contributed by atoms with Crippen molar-refractivity contribution in [3.8, 4) is 6.19 Å². The van der Waals surface area contributed by atoms with Gasteiger partial charge in [-0.25, -0.2) is 4.99 Å². The largest absolute Gasteiger partial charge is 0.349 e. The third-order valence-electron chi connectivity index (χ3n) is 2.62.